The van der Waals surface area contributed by atoms with Crippen LogP contribution in [-0.2, 0) is 0 Å². The number of benzene rings is 1. The molecule has 2 N–H and O–H groups in total. The first kappa shape index (κ1) is 11.8. The van der Waals surface area contributed by atoms with Crippen molar-refractivity contribution in [1.29, 1.82) is 0 Å². The third kappa shape index (κ3) is 2.60. The van der Waals surface area contributed by atoms with Crippen molar-refractivity contribution in [3.63, 3.8) is 0 Å². The minimum absolute atomic E-state index is 0.104. The van der Waals surface area contributed by atoms with Crippen LogP contribution in [0.4, 0.5) is 13.2 Å². The van der Waals surface area contributed by atoms with Gasteiger partial charge in [-0.15, -0.1) is 0 Å². The molecule has 0 heterocycles. The highest BCUT2D eigenvalue weighted by molar-refractivity contribution is 14.1. The molecule has 0 bridgehead atoms. The van der Waals surface area contributed by atoms with Crippen molar-refractivity contribution in [3.8, 4) is 0 Å². The molecule has 5 heteroatoms. The Morgan fingerprint density at radius 2 is 1.93 bits per heavy atom. The topological polar surface area (TPSA) is 26.0 Å². The lowest BCUT2D eigenvalue weighted by Crippen LogP contribution is -2.28. The first-order valence-corrected chi connectivity index (χ1v) is 4.98. The van der Waals surface area contributed by atoms with Gasteiger partial charge in [0, 0.05) is 3.57 Å². The molecule has 0 fully saturated rings. The second kappa shape index (κ2) is 4.06. The van der Waals surface area contributed by atoms with E-state index in [0.717, 1.165) is 9.13 Å². The van der Waals surface area contributed by atoms with Crippen LogP contribution in [-0.4, -0.2) is 6.18 Å². The minimum atomic E-state index is -4.38. The van der Waals surface area contributed by atoms with E-state index in [1.165, 1.54) is 12.1 Å². The highest BCUT2D eigenvalue weighted by atomic mass is 127. The molecular weight excluding hydrogens is 306 g/mol. The molecular formula is C9H9F3IN. The Bertz CT molecular complexity index is 335. The van der Waals surface area contributed by atoms with E-state index in [1.807, 2.05) is 29.5 Å². The van der Waals surface area contributed by atoms with E-state index in [4.69, 9.17) is 5.73 Å². The average molecular weight is 315 g/mol. The Labute approximate surface area is 93.6 Å². The fourth-order valence-corrected chi connectivity index (χ4v) is 1.53. The summed E-state index contributed by atoms with van der Waals surface area (Å²) in [6.45, 7) is 1.84. The second-order valence-electron chi connectivity index (χ2n) is 3.03. The molecule has 0 aliphatic carbocycles. The van der Waals surface area contributed by atoms with Gasteiger partial charge in [-0.2, -0.15) is 13.2 Å². The van der Waals surface area contributed by atoms with Crippen LogP contribution in [0.15, 0.2) is 18.2 Å². The van der Waals surface area contributed by atoms with Gasteiger partial charge < -0.3 is 5.73 Å². The van der Waals surface area contributed by atoms with Crippen molar-refractivity contribution in [2.75, 3.05) is 0 Å². The number of rotatable bonds is 1. The lowest BCUT2D eigenvalue weighted by Gasteiger charge is -2.16. The number of alkyl halides is 3. The third-order valence-corrected chi connectivity index (χ3v) is 3.07. The van der Waals surface area contributed by atoms with E-state index >= 15 is 0 Å². The molecule has 1 atom stereocenters. The maximum atomic E-state index is 12.2. The molecule has 0 amide bonds. The maximum Gasteiger partial charge on any atom is 0.407 e. The van der Waals surface area contributed by atoms with Crippen molar-refractivity contribution in [2.45, 2.75) is 19.1 Å². The number of hydrogen-bond donors (Lipinski definition) is 1. The van der Waals surface area contributed by atoms with Crippen LogP contribution in [0.3, 0.4) is 0 Å². The average Bonchev–Trinajstić information content (AvgIpc) is 2.07. The first-order chi connectivity index (χ1) is 6.32. The molecule has 1 nitrogen and oxygen atoms in total. The molecule has 1 aromatic carbocycles. The van der Waals surface area contributed by atoms with Gasteiger partial charge in [-0.05, 0) is 46.7 Å². The van der Waals surface area contributed by atoms with Gasteiger partial charge in [0.25, 0.3) is 0 Å². The van der Waals surface area contributed by atoms with Gasteiger partial charge in [-0.1, -0.05) is 12.1 Å². The predicted molar refractivity (Wildman–Crippen MR) is 56.9 cm³/mol. The monoisotopic (exact) mass is 315 g/mol. The van der Waals surface area contributed by atoms with Crippen LogP contribution >= 0.6 is 22.6 Å². The van der Waals surface area contributed by atoms with E-state index in [2.05, 4.69) is 0 Å². The molecule has 0 spiro atoms. The van der Waals surface area contributed by atoms with Gasteiger partial charge >= 0.3 is 6.18 Å². The molecule has 0 saturated heterocycles. The highest BCUT2D eigenvalue weighted by Gasteiger charge is 2.37. The second-order valence-corrected chi connectivity index (χ2v) is 4.19. The molecule has 0 saturated carbocycles. The minimum Gasteiger partial charge on any atom is -0.316 e. The summed E-state index contributed by atoms with van der Waals surface area (Å²) in [5.41, 5.74) is 6.11. The number of halogens is 4. The molecule has 0 unspecified atom stereocenters. The van der Waals surface area contributed by atoms with Gasteiger partial charge in [0.15, 0.2) is 0 Å². The van der Waals surface area contributed by atoms with Crippen LogP contribution < -0.4 is 5.73 Å². The molecule has 0 aliphatic rings. The summed E-state index contributed by atoms with van der Waals surface area (Å²) in [7, 11) is 0. The number of nitrogens with two attached hydrogens (primary N) is 1. The summed E-state index contributed by atoms with van der Waals surface area (Å²) in [4.78, 5) is 0. The van der Waals surface area contributed by atoms with E-state index in [1.54, 1.807) is 6.07 Å². The smallest absolute Gasteiger partial charge is 0.316 e. The lowest BCUT2D eigenvalue weighted by atomic mass is 10.1. The Kier molecular flexibility index (Phi) is 3.41. The highest BCUT2D eigenvalue weighted by Crippen LogP contribution is 2.31. The first-order valence-electron chi connectivity index (χ1n) is 3.90. The third-order valence-electron chi connectivity index (χ3n) is 1.91. The van der Waals surface area contributed by atoms with E-state index in [9.17, 15) is 13.2 Å². The lowest BCUT2D eigenvalue weighted by molar-refractivity contribution is -0.149. The Hall–Kier alpha value is -0.300. The maximum absolute atomic E-state index is 12.2. The number of aryl methyl sites for hydroxylation is 1. The summed E-state index contributed by atoms with van der Waals surface area (Å²) in [6.07, 6.45) is -4.38. The predicted octanol–water partition coefficient (Wildman–Crippen LogP) is 3.16. The fraction of sp³-hybridized carbons (Fsp3) is 0.333. The Morgan fingerprint density at radius 3 is 2.36 bits per heavy atom. The molecule has 0 radical (unpaired) electrons. The Balaban J connectivity index is 3.03. The van der Waals surface area contributed by atoms with Gasteiger partial charge in [0.05, 0.1) is 0 Å². The standard InChI is InChI=1S/C9H9F3IN/c1-5-2-3-6(4-7(5)13)8(14)9(10,11)12/h2-4,8H,14H2,1H3/t8-/m0/s1. The van der Waals surface area contributed by atoms with Crippen LogP contribution in [0.25, 0.3) is 0 Å². The van der Waals surface area contributed by atoms with Crippen LogP contribution in [0, 0.1) is 10.5 Å². The van der Waals surface area contributed by atoms with Gasteiger partial charge in [-0.25, -0.2) is 0 Å². The molecule has 0 aliphatic heterocycles. The van der Waals surface area contributed by atoms with Crippen molar-refractivity contribution in [1.82, 2.24) is 0 Å². The van der Waals surface area contributed by atoms with E-state index in [-0.39, 0.29) is 5.56 Å². The van der Waals surface area contributed by atoms with E-state index < -0.39 is 12.2 Å². The SMILES string of the molecule is Cc1ccc([C@H](N)C(F)(F)F)cc1I. The van der Waals surface area contributed by atoms with Gasteiger partial charge in [0.2, 0.25) is 0 Å². The normalized spacial score (nSPS) is 14.1. The van der Waals surface area contributed by atoms with Crippen LogP contribution in [0.5, 0.6) is 0 Å². The van der Waals surface area contributed by atoms with Crippen LogP contribution in [0.1, 0.15) is 17.2 Å². The molecule has 1 rings (SSSR count). The zero-order chi connectivity index (χ0) is 10.9. The fourth-order valence-electron chi connectivity index (χ4n) is 0.992. The largest absolute Gasteiger partial charge is 0.407 e. The van der Waals surface area contributed by atoms with Crippen molar-refractivity contribution in [2.24, 2.45) is 5.73 Å². The van der Waals surface area contributed by atoms with Crippen LogP contribution in [0.2, 0.25) is 0 Å². The van der Waals surface area contributed by atoms with Crippen molar-refractivity contribution in [3.05, 3.63) is 32.9 Å². The zero-order valence-electron chi connectivity index (χ0n) is 7.40. The summed E-state index contributed by atoms with van der Waals surface area (Å²) < 4.78 is 37.5. The van der Waals surface area contributed by atoms with Crippen molar-refractivity contribution >= 4 is 22.6 Å². The quantitative estimate of drug-likeness (QED) is 0.792. The van der Waals surface area contributed by atoms with Crippen molar-refractivity contribution < 1.29 is 13.2 Å². The molecule has 78 valence electrons. The summed E-state index contributed by atoms with van der Waals surface area (Å²) in [5, 5.41) is 0. The molecule has 14 heavy (non-hydrogen) atoms. The summed E-state index contributed by atoms with van der Waals surface area (Å²) in [5.74, 6) is 0. The molecule has 1 aromatic rings. The van der Waals surface area contributed by atoms with Gasteiger partial charge in [0.1, 0.15) is 6.04 Å². The Morgan fingerprint density at radius 1 is 1.36 bits per heavy atom. The molecule has 0 aromatic heterocycles. The zero-order valence-corrected chi connectivity index (χ0v) is 9.56. The van der Waals surface area contributed by atoms with E-state index in [0.29, 0.717) is 0 Å². The summed E-state index contributed by atoms with van der Waals surface area (Å²) in [6, 6.07) is 2.63. The van der Waals surface area contributed by atoms with Gasteiger partial charge in [-0.3, -0.25) is 0 Å². The summed E-state index contributed by atoms with van der Waals surface area (Å²) >= 11 is 1.99. The number of hydrogen-bond acceptors (Lipinski definition) is 1.